The molecule has 2 rings (SSSR count). The molecular weight excluding hydrogens is 238 g/mol. The van der Waals surface area contributed by atoms with E-state index in [0.717, 1.165) is 32.4 Å². The molecule has 0 spiro atoms. The molecule has 106 valence electrons. The third kappa shape index (κ3) is 2.70. The summed E-state index contributed by atoms with van der Waals surface area (Å²) in [6, 6.07) is 0. The van der Waals surface area contributed by atoms with Gasteiger partial charge in [0.15, 0.2) is 0 Å². The van der Waals surface area contributed by atoms with Gasteiger partial charge < -0.3 is 9.64 Å². The second-order valence-corrected chi connectivity index (χ2v) is 5.37. The number of esters is 1. The first-order valence-corrected chi connectivity index (χ1v) is 7.51. The number of carbonyl (C=O) groups is 1. The third-order valence-corrected chi connectivity index (χ3v) is 4.11. The molecule has 1 aliphatic heterocycles. The summed E-state index contributed by atoms with van der Waals surface area (Å²) in [6.45, 7) is 6.46. The Hall–Kier alpha value is -1.25. The summed E-state index contributed by atoms with van der Waals surface area (Å²) in [7, 11) is 0. The van der Waals surface area contributed by atoms with E-state index in [9.17, 15) is 4.79 Å². The Kier molecular flexibility index (Phi) is 4.67. The van der Waals surface area contributed by atoms with Gasteiger partial charge in [-0.3, -0.25) is 4.79 Å². The smallest absolute Gasteiger partial charge is 0.321 e. The molecule has 1 heterocycles. The fraction of sp³-hybridized carbons (Fsp3) is 0.688. The number of carbonyl (C=O) groups excluding carboxylic acids is 1. The van der Waals surface area contributed by atoms with E-state index in [1.807, 2.05) is 26.0 Å². The first-order chi connectivity index (χ1) is 9.24. The number of rotatable bonds is 4. The molecule has 1 aliphatic carbocycles. The van der Waals surface area contributed by atoms with Crippen molar-refractivity contribution in [1.29, 1.82) is 0 Å². The minimum atomic E-state index is -0.534. The first-order valence-electron chi connectivity index (χ1n) is 7.51. The maximum absolute atomic E-state index is 12.5. The van der Waals surface area contributed by atoms with E-state index < -0.39 is 5.41 Å². The Labute approximate surface area is 116 Å². The highest BCUT2D eigenvalue weighted by atomic mass is 16.5. The van der Waals surface area contributed by atoms with Gasteiger partial charge >= 0.3 is 5.97 Å². The summed E-state index contributed by atoms with van der Waals surface area (Å²) in [6.07, 6.45) is 11.8. The molecule has 0 radical (unpaired) electrons. The molecule has 2 aliphatic rings. The number of ether oxygens (including phenoxy) is 1. The van der Waals surface area contributed by atoms with Crippen LogP contribution in [-0.4, -0.2) is 30.6 Å². The molecule has 1 saturated heterocycles. The second kappa shape index (κ2) is 6.27. The van der Waals surface area contributed by atoms with Crippen LogP contribution >= 0.6 is 0 Å². The van der Waals surface area contributed by atoms with Crippen molar-refractivity contribution in [2.45, 2.75) is 46.0 Å². The largest absolute Gasteiger partial charge is 0.465 e. The highest BCUT2D eigenvalue weighted by Gasteiger charge is 2.44. The number of likely N-dealkylation sites (tertiary alicyclic amines) is 1. The maximum atomic E-state index is 12.5. The van der Waals surface area contributed by atoms with Crippen LogP contribution in [0.1, 0.15) is 46.0 Å². The predicted octanol–water partition coefficient (Wildman–Crippen LogP) is 3.28. The Bertz CT molecular complexity index is 380. The third-order valence-electron chi connectivity index (χ3n) is 4.11. The molecule has 19 heavy (non-hydrogen) atoms. The molecule has 1 unspecified atom stereocenters. The fourth-order valence-corrected chi connectivity index (χ4v) is 3.29. The fourth-order valence-electron chi connectivity index (χ4n) is 3.29. The van der Waals surface area contributed by atoms with Crippen LogP contribution in [0.15, 0.2) is 23.9 Å². The first kappa shape index (κ1) is 14.2. The van der Waals surface area contributed by atoms with Gasteiger partial charge in [-0.15, -0.1) is 0 Å². The lowest BCUT2D eigenvalue weighted by Crippen LogP contribution is -2.41. The van der Waals surface area contributed by atoms with Gasteiger partial charge in [0.1, 0.15) is 5.41 Å². The van der Waals surface area contributed by atoms with Crippen LogP contribution in [0.4, 0.5) is 0 Å². The van der Waals surface area contributed by atoms with Crippen LogP contribution < -0.4 is 0 Å². The lowest BCUT2D eigenvalue weighted by molar-refractivity contribution is -0.152. The van der Waals surface area contributed by atoms with Crippen LogP contribution in [0, 0.1) is 5.41 Å². The zero-order chi connectivity index (χ0) is 13.7. The molecule has 0 aromatic rings. The summed E-state index contributed by atoms with van der Waals surface area (Å²) in [5.74, 6) is -0.0778. The molecule has 0 amide bonds. The lowest BCUT2D eigenvalue weighted by Gasteiger charge is -2.39. The summed E-state index contributed by atoms with van der Waals surface area (Å²) >= 11 is 0. The Morgan fingerprint density at radius 2 is 2.16 bits per heavy atom. The molecular formula is C16H25NO2. The maximum Gasteiger partial charge on any atom is 0.321 e. The SMILES string of the molecule is C/C=C/C1(C(=O)OCC)CCCC=C1N1CCCC1. The molecule has 0 bridgehead atoms. The Morgan fingerprint density at radius 3 is 2.79 bits per heavy atom. The molecule has 0 aromatic heterocycles. The van der Waals surface area contributed by atoms with Gasteiger partial charge in [-0.2, -0.15) is 0 Å². The van der Waals surface area contributed by atoms with Gasteiger partial charge in [0.25, 0.3) is 0 Å². The molecule has 0 aromatic carbocycles. The zero-order valence-electron chi connectivity index (χ0n) is 12.2. The van der Waals surface area contributed by atoms with Gasteiger partial charge in [0.2, 0.25) is 0 Å². The van der Waals surface area contributed by atoms with Gasteiger partial charge in [-0.05, 0) is 46.0 Å². The van der Waals surface area contributed by atoms with Crippen LogP contribution in [0.5, 0.6) is 0 Å². The highest BCUT2D eigenvalue weighted by molar-refractivity contribution is 5.83. The van der Waals surface area contributed by atoms with Crippen LogP contribution in [0.25, 0.3) is 0 Å². The van der Waals surface area contributed by atoms with Crippen molar-refractivity contribution < 1.29 is 9.53 Å². The van der Waals surface area contributed by atoms with Crippen molar-refractivity contribution in [3.05, 3.63) is 23.9 Å². The second-order valence-electron chi connectivity index (χ2n) is 5.37. The molecule has 3 nitrogen and oxygen atoms in total. The average molecular weight is 263 g/mol. The minimum Gasteiger partial charge on any atom is -0.465 e. The van der Waals surface area contributed by atoms with Crippen molar-refractivity contribution in [1.82, 2.24) is 4.90 Å². The predicted molar refractivity (Wildman–Crippen MR) is 76.6 cm³/mol. The molecule has 1 fully saturated rings. The van der Waals surface area contributed by atoms with E-state index in [0.29, 0.717) is 6.61 Å². The summed E-state index contributed by atoms with van der Waals surface area (Å²) in [5, 5.41) is 0. The molecule has 3 heteroatoms. The average Bonchev–Trinajstić information content (AvgIpc) is 2.93. The topological polar surface area (TPSA) is 29.5 Å². The molecule has 0 saturated carbocycles. The highest BCUT2D eigenvalue weighted by Crippen LogP contribution is 2.43. The van der Waals surface area contributed by atoms with Gasteiger partial charge in [-0.1, -0.05) is 18.2 Å². The summed E-state index contributed by atoms with van der Waals surface area (Å²) < 4.78 is 5.37. The standard InChI is InChI=1S/C16H25NO2/c1-3-10-16(15(18)19-4-2)11-6-5-9-14(16)17-12-7-8-13-17/h3,9-10H,4-8,11-13H2,1-2H3/b10-3+. The number of nitrogens with zero attached hydrogens (tertiary/aromatic N) is 1. The monoisotopic (exact) mass is 263 g/mol. The molecule has 1 atom stereocenters. The van der Waals surface area contributed by atoms with E-state index in [1.54, 1.807) is 0 Å². The normalized spacial score (nSPS) is 27.7. The number of hydrogen-bond acceptors (Lipinski definition) is 3. The number of allylic oxidation sites excluding steroid dienone is 2. The van der Waals surface area contributed by atoms with E-state index in [-0.39, 0.29) is 5.97 Å². The lowest BCUT2D eigenvalue weighted by atomic mass is 9.75. The number of hydrogen-bond donors (Lipinski definition) is 0. The minimum absolute atomic E-state index is 0.0778. The van der Waals surface area contributed by atoms with Crippen LogP contribution in [0.2, 0.25) is 0 Å². The van der Waals surface area contributed by atoms with Crippen LogP contribution in [-0.2, 0) is 9.53 Å². The van der Waals surface area contributed by atoms with Gasteiger partial charge in [-0.25, -0.2) is 0 Å². The van der Waals surface area contributed by atoms with Crippen molar-refractivity contribution in [2.24, 2.45) is 5.41 Å². The Morgan fingerprint density at radius 1 is 1.42 bits per heavy atom. The van der Waals surface area contributed by atoms with Gasteiger partial charge in [0, 0.05) is 18.8 Å². The van der Waals surface area contributed by atoms with E-state index >= 15 is 0 Å². The molecule has 0 N–H and O–H groups in total. The van der Waals surface area contributed by atoms with E-state index in [2.05, 4.69) is 11.0 Å². The zero-order valence-corrected chi connectivity index (χ0v) is 12.2. The summed E-state index contributed by atoms with van der Waals surface area (Å²) in [4.78, 5) is 14.9. The van der Waals surface area contributed by atoms with E-state index in [4.69, 9.17) is 4.74 Å². The van der Waals surface area contributed by atoms with Crippen molar-refractivity contribution >= 4 is 5.97 Å². The Balaban J connectivity index is 2.34. The van der Waals surface area contributed by atoms with Crippen LogP contribution in [0.3, 0.4) is 0 Å². The van der Waals surface area contributed by atoms with E-state index in [1.165, 1.54) is 18.5 Å². The van der Waals surface area contributed by atoms with Crippen molar-refractivity contribution in [3.8, 4) is 0 Å². The summed E-state index contributed by atoms with van der Waals surface area (Å²) in [5.41, 5.74) is 0.653. The van der Waals surface area contributed by atoms with Crippen molar-refractivity contribution in [2.75, 3.05) is 19.7 Å². The quantitative estimate of drug-likeness (QED) is 0.576. The van der Waals surface area contributed by atoms with Gasteiger partial charge in [0.05, 0.1) is 6.61 Å². The van der Waals surface area contributed by atoms with Crippen molar-refractivity contribution in [3.63, 3.8) is 0 Å².